The molecule has 0 saturated heterocycles. The summed E-state index contributed by atoms with van der Waals surface area (Å²) in [4.78, 5) is 12.1. The van der Waals surface area contributed by atoms with Crippen molar-refractivity contribution in [1.82, 2.24) is 24.1 Å². The second kappa shape index (κ2) is 7.94. The van der Waals surface area contributed by atoms with Crippen molar-refractivity contribution in [3.05, 3.63) is 30.4 Å². The van der Waals surface area contributed by atoms with E-state index in [2.05, 4.69) is 31.0 Å². The fraction of sp³-hybridized carbons (Fsp3) is 0.579. The smallest absolute Gasteiger partial charge is 0.345 e. The lowest BCUT2D eigenvalue weighted by Gasteiger charge is -2.17. The molecule has 152 valence electrons. The molecular formula is C19H24F3N5S. The van der Waals surface area contributed by atoms with Gasteiger partial charge in [0.05, 0.1) is 18.1 Å². The van der Waals surface area contributed by atoms with Gasteiger partial charge in [-0.2, -0.15) is 13.2 Å². The zero-order valence-electron chi connectivity index (χ0n) is 15.7. The predicted molar refractivity (Wildman–Crippen MR) is 105 cm³/mol. The summed E-state index contributed by atoms with van der Waals surface area (Å²) in [7, 11) is 0. The molecule has 3 unspecified atom stereocenters. The van der Waals surface area contributed by atoms with Gasteiger partial charge in [0.25, 0.3) is 0 Å². The Labute approximate surface area is 165 Å². The quantitative estimate of drug-likeness (QED) is 0.428. The molecule has 3 heterocycles. The van der Waals surface area contributed by atoms with Gasteiger partial charge in [0, 0.05) is 36.3 Å². The van der Waals surface area contributed by atoms with Crippen LogP contribution in [0.15, 0.2) is 24.7 Å². The van der Waals surface area contributed by atoms with Gasteiger partial charge >= 0.3 is 6.18 Å². The summed E-state index contributed by atoms with van der Waals surface area (Å²) < 4.78 is 42.1. The lowest BCUT2D eigenvalue weighted by Crippen LogP contribution is -2.17. The molecule has 3 aromatic rings. The predicted octanol–water partition coefficient (Wildman–Crippen LogP) is 4.92. The minimum Gasteiger partial charge on any atom is -0.345 e. The monoisotopic (exact) mass is 411 g/mol. The summed E-state index contributed by atoms with van der Waals surface area (Å²) in [6.07, 6.45) is 3.99. The molecule has 1 fully saturated rings. The minimum atomic E-state index is -4.08. The van der Waals surface area contributed by atoms with Gasteiger partial charge in [0.1, 0.15) is 0 Å². The lowest BCUT2D eigenvalue weighted by molar-refractivity contribution is -0.129. The van der Waals surface area contributed by atoms with Gasteiger partial charge in [-0.3, -0.25) is 9.12 Å². The number of hydrogen-bond acceptors (Lipinski definition) is 4. The van der Waals surface area contributed by atoms with Crippen LogP contribution in [0, 0.1) is 11.8 Å². The van der Waals surface area contributed by atoms with Gasteiger partial charge in [-0.05, 0) is 30.7 Å². The van der Waals surface area contributed by atoms with E-state index in [9.17, 15) is 13.2 Å². The third kappa shape index (κ3) is 4.00. The molecular weight excluding hydrogens is 387 g/mol. The topological polar surface area (TPSA) is 58.0 Å². The molecule has 0 aliphatic heterocycles. The molecule has 3 atom stereocenters. The number of fused-ring (bicyclic) bond motifs is 3. The molecule has 0 radical (unpaired) electrons. The van der Waals surface area contributed by atoms with E-state index >= 15 is 0 Å². The first-order valence-electron chi connectivity index (χ1n) is 9.67. The number of alkyl halides is 3. The van der Waals surface area contributed by atoms with E-state index < -0.39 is 12.6 Å². The van der Waals surface area contributed by atoms with Crippen LogP contribution in [-0.4, -0.2) is 37.8 Å². The summed E-state index contributed by atoms with van der Waals surface area (Å²) in [5, 5.41) is 0. The van der Waals surface area contributed by atoms with Crippen LogP contribution in [0.4, 0.5) is 13.2 Å². The number of rotatable bonds is 7. The maximum absolute atomic E-state index is 12.2. The van der Waals surface area contributed by atoms with Crippen LogP contribution < -0.4 is 4.72 Å². The van der Waals surface area contributed by atoms with E-state index in [-0.39, 0.29) is 5.75 Å². The van der Waals surface area contributed by atoms with Crippen molar-refractivity contribution in [3.63, 3.8) is 0 Å². The largest absolute Gasteiger partial charge is 0.389 e. The van der Waals surface area contributed by atoms with Crippen LogP contribution >= 0.6 is 11.9 Å². The summed E-state index contributed by atoms with van der Waals surface area (Å²) >= 11 is 1.18. The average molecular weight is 411 g/mol. The first kappa shape index (κ1) is 19.6. The van der Waals surface area contributed by atoms with Crippen molar-refractivity contribution >= 4 is 28.8 Å². The fourth-order valence-corrected chi connectivity index (χ4v) is 5.22. The van der Waals surface area contributed by atoms with Crippen molar-refractivity contribution in [2.24, 2.45) is 11.8 Å². The van der Waals surface area contributed by atoms with Crippen molar-refractivity contribution < 1.29 is 13.2 Å². The van der Waals surface area contributed by atoms with E-state index in [0.717, 1.165) is 42.6 Å². The van der Waals surface area contributed by atoms with Gasteiger partial charge in [-0.15, -0.1) is 0 Å². The number of halogens is 3. The normalized spacial score (nSPS) is 23.2. The number of aromatic nitrogens is 4. The van der Waals surface area contributed by atoms with Gasteiger partial charge in [0.2, 0.25) is 0 Å². The molecule has 2 N–H and O–H groups in total. The third-order valence-corrected chi connectivity index (χ3v) is 6.51. The Hall–Kier alpha value is -1.74. The van der Waals surface area contributed by atoms with Crippen LogP contribution in [0.5, 0.6) is 0 Å². The van der Waals surface area contributed by atoms with Crippen LogP contribution in [0.3, 0.4) is 0 Å². The summed E-state index contributed by atoms with van der Waals surface area (Å²) in [5.41, 5.74) is 3.93. The minimum absolute atomic E-state index is 0.0581. The van der Waals surface area contributed by atoms with Gasteiger partial charge in [0.15, 0.2) is 11.3 Å². The number of H-pyrrole nitrogens is 1. The Morgan fingerprint density at radius 3 is 2.93 bits per heavy atom. The van der Waals surface area contributed by atoms with E-state index in [0.29, 0.717) is 17.8 Å². The van der Waals surface area contributed by atoms with E-state index in [1.54, 1.807) is 6.20 Å². The van der Waals surface area contributed by atoms with Crippen molar-refractivity contribution in [2.45, 2.75) is 44.7 Å². The molecule has 0 aromatic carbocycles. The molecule has 0 amide bonds. The number of nitrogens with one attached hydrogen (secondary N) is 2. The van der Waals surface area contributed by atoms with Crippen LogP contribution in [0.2, 0.25) is 0 Å². The standard InChI is InChI=1S/C19H24F3N5S/c1-2-13-7-12(9-26-28-6-4-19(20,21)22)8-14(13)16-10-24-17-11-25-18-15(27(16)17)3-5-23-18/h3,5,10-14,23,26H,2,4,6-9H2,1H3. The zero-order valence-corrected chi connectivity index (χ0v) is 16.5. The molecule has 4 rings (SSSR count). The van der Waals surface area contributed by atoms with Crippen molar-refractivity contribution in [1.29, 1.82) is 0 Å². The Morgan fingerprint density at radius 2 is 2.14 bits per heavy atom. The van der Waals surface area contributed by atoms with E-state index in [1.165, 1.54) is 17.6 Å². The molecule has 1 saturated carbocycles. The van der Waals surface area contributed by atoms with Crippen LogP contribution in [-0.2, 0) is 0 Å². The van der Waals surface area contributed by atoms with Gasteiger partial charge in [-0.25, -0.2) is 9.97 Å². The maximum atomic E-state index is 12.2. The maximum Gasteiger partial charge on any atom is 0.389 e. The Morgan fingerprint density at radius 1 is 1.29 bits per heavy atom. The Kier molecular flexibility index (Phi) is 5.55. The molecule has 3 aromatic heterocycles. The zero-order chi connectivity index (χ0) is 19.7. The highest BCUT2D eigenvalue weighted by molar-refractivity contribution is 7.97. The first-order chi connectivity index (χ1) is 13.5. The second-order valence-corrected chi connectivity index (χ2v) is 8.51. The molecule has 0 spiro atoms. The van der Waals surface area contributed by atoms with E-state index in [1.807, 2.05) is 18.5 Å². The lowest BCUT2D eigenvalue weighted by atomic mass is 9.91. The fourth-order valence-electron chi connectivity index (χ4n) is 4.39. The second-order valence-electron chi connectivity index (χ2n) is 7.52. The molecule has 1 aliphatic carbocycles. The summed E-state index contributed by atoms with van der Waals surface area (Å²) in [5.74, 6) is 1.46. The number of aromatic amines is 1. The SMILES string of the molecule is CCC1CC(CNSCCC(F)(F)F)CC1c1cnc2cnc3[nH]ccc3n12. The number of hydrogen-bond donors (Lipinski definition) is 2. The van der Waals surface area contributed by atoms with E-state index in [4.69, 9.17) is 0 Å². The average Bonchev–Trinajstić information content (AvgIpc) is 3.36. The molecule has 9 heteroatoms. The molecule has 5 nitrogen and oxygen atoms in total. The summed E-state index contributed by atoms with van der Waals surface area (Å²) in [6.45, 7) is 2.95. The number of nitrogens with zero attached hydrogens (tertiary/aromatic N) is 3. The van der Waals surface area contributed by atoms with Crippen LogP contribution in [0.25, 0.3) is 16.8 Å². The van der Waals surface area contributed by atoms with Crippen molar-refractivity contribution in [2.75, 3.05) is 12.3 Å². The number of imidazole rings is 1. The highest BCUT2D eigenvalue weighted by atomic mass is 32.2. The van der Waals surface area contributed by atoms with Gasteiger partial charge < -0.3 is 4.98 Å². The van der Waals surface area contributed by atoms with Crippen LogP contribution in [0.1, 0.15) is 44.2 Å². The third-order valence-electron chi connectivity index (χ3n) is 5.73. The summed E-state index contributed by atoms with van der Waals surface area (Å²) in [6, 6.07) is 2.02. The van der Waals surface area contributed by atoms with Gasteiger partial charge in [-0.1, -0.05) is 25.3 Å². The molecule has 1 aliphatic rings. The molecule has 28 heavy (non-hydrogen) atoms. The Bertz CT molecular complexity index is 935. The highest BCUT2D eigenvalue weighted by Gasteiger charge is 2.36. The molecule has 0 bridgehead atoms. The Balaban J connectivity index is 1.45. The first-order valence-corrected chi connectivity index (χ1v) is 10.7. The van der Waals surface area contributed by atoms with Crippen molar-refractivity contribution in [3.8, 4) is 0 Å². The highest BCUT2D eigenvalue weighted by Crippen LogP contribution is 2.45.